The quantitative estimate of drug-likeness (QED) is 0.370. The second kappa shape index (κ2) is 9.67. The van der Waals surface area contributed by atoms with Crippen LogP contribution in [-0.2, 0) is 4.79 Å². The van der Waals surface area contributed by atoms with Gasteiger partial charge in [0.25, 0.3) is 0 Å². The molecule has 0 aromatic heterocycles. The van der Waals surface area contributed by atoms with Gasteiger partial charge in [0.2, 0.25) is 5.91 Å². The highest BCUT2D eigenvalue weighted by Crippen LogP contribution is 2.60. The first-order chi connectivity index (χ1) is 14.6. The van der Waals surface area contributed by atoms with Crippen molar-refractivity contribution in [3.05, 3.63) is 24.3 Å². The molecule has 0 unspecified atom stereocenters. The molecule has 0 saturated heterocycles. The van der Waals surface area contributed by atoms with Gasteiger partial charge in [0.1, 0.15) is 5.75 Å². The number of nitrogens with one attached hydrogen (secondary N) is 2. The summed E-state index contributed by atoms with van der Waals surface area (Å²) in [5.41, 5.74) is 0.705. The molecule has 0 atom stereocenters. The first kappa shape index (κ1) is 21.6. The summed E-state index contributed by atoms with van der Waals surface area (Å²) in [6.45, 7) is 2.99. The van der Waals surface area contributed by atoms with Crippen molar-refractivity contribution in [3.63, 3.8) is 0 Å². The Bertz CT molecular complexity index is 711. The maximum Gasteiger partial charge on any atom is 0.232 e. The lowest BCUT2D eigenvalue weighted by atomic mass is 9.49. The van der Waals surface area contributed by atoms with Gasteiger partial charge < -0.3 is 15.4 Å². The molecule has 1 amide bonds. The Morgan fingerprint density at radius 3 is 2.20 bits per heavy atom. The van der Waals surface area contributed by atoms with Crippen LogP contribution < -0.4 is 15.4 Å². The molecule has 5 rings (SSSR count). The summed E-state index contributed by atoms with van der Waals surface area (Å²) in [4.78, 5) is 13.1. The van der Waals surface area contributed by atoms with Gasteiger partial charge >= 0.3 is 0 Å². The third kappa shape index (κ3) is 5.16. The molecule has 1 aromatic rings. The molecular weight excluding hydrogens is 392 g/mol. The molecule has 2 N–H and O–H groups in total. The Balaban J connectivity index is 1.22. The first-order valence-electron chi connectivity index (χ1n) is 11.9. The highest BCUT2D eigenvalue weighted by molar-refractivity contribution is 7.80. The zero-order valence-electron chi connectivity index (χ0n) is 18.3. The maximum atomic E-state index is 13.1. The number of carbonyl (C=O) groups is 1. The normalized spacial score (nSPS) is 28.9. The van der Waals surface area contributed by atoms with E-state index in [9.17, 15) is 4.79 Å². The Morgan fingerprint density at radius 1 is 1.00 bits per heavy atom. The highest BCUT2D eigenvalue weighted by atomic mass is 32.1. The van der Waals surface area contributed by atoms with Crippen LogP contribution in [0, 0.1) is 23.2 Å². The smallest absolute Gasteiger partial charge is 0.232 e. The van der Waals surface area contributed by atoms with Gasteiger partial charge in [0.05, 0.1) is 12.0 Å². The van der Waals surface area contributed by atoms with Crippen molar-refractivity contribution < 1.29 is 9.53 Å². The molecule has 4 saturated carbocycles. The number of carbonyl (C=O) groups excluding carboxylic acids is 1. The number of unbranched alkanes of at least 4 members (excludes halogenated alkanes) is 4. The molecule has 0 radical (unpaired) electrons. The summed E-state index contributed by atoms with van der Waals surface area (Å²) in [5, 5.41) is 6.58. The molecular formula is C25H36N2O2S. The fraction of sp³-hybridized carbons (Fsp3) is 0.680. The van der Waals surface area contributed by atoms with Crippen LogP contribution >= 0.6 is 12.2 Å². The van der Waals surface area contributed by atoms with E-state index in [-0.39, 0.29) is 11.3 Å². The molecule has 4 bridgehead atoms. The lowest BCUT2D eigenvalue weighted by Gasteiger charge is -2.55. The van der Waals surface area contributed by atoms with Crippen molar-refractivity contribution in [3.8, 4) is 5.75 Å². The van der Waals surface area contributed by atoms with Crippen molar-refractivity contribution in [1.82, 2.24) is 5.32 Å². The predicted octanol–water partition coefficient (Wildman–Crippen LogP) is 6.07. The Kier molecular flexibility index (Phi) is 6.97. The van der Waals surface area contributed by atoms with E-state index in [1.54, 1.807) is 0 Å². The maximum absolute atomic E-state index is 13.1. The van der Waals surface area contributed by atoms with Crippen molar-refractivity contribution in [2.24, 2.45) is 23.2 Å². The Hall–Kier alpha value is -1.62. The van der Waals surface area contributed by atoms with Gasteiger partial charge in [-0.05, 0) is 99.2 Å². The minimum absolute atomic E-state index is 0.141. The summed E-state index contributed by atoms with van der Waals surface area (Å²) in [6, 6.07) is 7.82. The van der Waals surface area contributed by atoms with Gasteiger partial charge in [-0.15, -0.1) is 0 Å². The molecule has 0 aliphatic heterocycles. The van der Waals surface area contributed by atoms with Gasteiger partial charge in [0, 0.05) is 5.69 Å². The molecule has 5 heteroatoms. The number of hydrogen-bond acceptors (Lipinski definition) is 3. The second-order valence-corrected chi connectivity index (χ2v) is 10.3. The molecule has 0 heterocycles. The lowest BCUT2D eigenvalue weighted by Crippen LogP contribution is -2.55. The van der Waals surface area contributed by atoms with Gasteiger partial charge in [-0.1, -0.05) is 32.6 Å². The molecule has 0 spiro atoms. The van der Waals surface area contributed by atoms with Crippen LogP contribution in [0.15, 0.2) is 24.3 Å². The first-order valence-corrected chi connectivity index (χ1v) is 12.3. The molecule has 4 aliphatic rings. The number of ether oxygens (including phenoxy) is 1. The van der Waals surface area contributed by atoms with E-state index in [1.165, 1.54) is 44.9 Å². The molecule has 4 fully saturated rings. The lowest BCUT2D eigenvalue weighted by molar-refractivity contribution is -0.144. The Labute approximate surface area is 186 Å². The monoisotopic (exact) mass is 428 g/mol. The largest absolute Gasteiger partial charge is 0.494 e. The van der Waals surface area contributed by atoms with Crippen LogP contribution in [-0.4, -0.2) is 17.6 Å². The van der Waals surface area contributed by atoms with E-state index >= 15 is 0 Å². The summed E-state index contributed by atoms with van der Waals surface area (Å²) < 4.78 is 5.82. The van der Waals surface area contributed by atoms with Crippen molar-refractivity contribution >= 4 is 28.9 Å². The van der Waals surface area contributed by atoms with E-state index in [0.717, 1.165) is 61.5 Å². The average Bonchev–Trinajstić information content (AvgIpc) is 2.71. The Morgan fingerprint density at radius 2 is 1.60 bits per heavy atom. The van der Waals surface area contributed by atoms with Gasteiger partial charge in [-0.25, -0.2) is 0 Å². The van der Waals surface area contributed by atoms with Crippen LogP contribution in [0.4, 0.5) is 5.69 Å². The predicted molar refractivity (Wildman–Crippen MR) is 126 cm³/mol. The van der Waals surface area contributed by atoms with E-state index in [1.807, 2.05) is 24.3 Å². The number of anilines is 1. The van der Waals surface area contributed by atoms with Crippen LogP contribution in [0.25, 0.3) is 0 Å². The molecule has 4 nitrogen and oxygen atoms in total. The van der Waals surface area contributed by atoms with Gasteiger partial charge in [-0.3, -0.25) is 4.79 Å². The minimum Gasteiger partial charge on any atom is -0.494 e. The molecule has 164 valence electrons. The third-order valence-corrected chi connectivity index (χ3v) is 7.58. The van der Waals surface area contributed by atoms with E-state index in [4.69, 9.17) is 17.0 Å². The third-order valence-electron chi connectivity index (χ3n) is 7.38. The topological polar surface area (TPSA) is 50.4 Å². The van der Waals surface area contributed by atoms with Crippen LogP contribution in [0.3, 0.4) is 0 Å². The molecule has 30 heavy (non-hydrogen) atoms. The van der Waals surface area contributed by atoms with Crippen LogP contribution in [0.1, 0.15) is 77.6 Å². The summed E-state index contributed by atoms with van der Waals surface area (Å²) in [7, 11) is 0. The van der Waals surface area contributed by atoms with Gasteiger partial charge in [-0.2, -0.15) is 0 Å². The summed E-state index contributed by atoms with van der Waals surface area (Å²) in [5.74, 6) is 3.27. The van der Waals surface area contributed by atoms with Crippen molar-refractivity contribution in [2.75, 3.05) is 11.9 Å². The van der Waals surface area contributed by atoms with Crippen molar-refractivity contribution in [1.29, 1.82) is 0 Å². The standard InChI is InChI=1S/C25H36N2O2S/c1-2-3-4-5-6-11-29-22-9-7-21(8-10-22)26-24(30)27-23(28)25-15-18-12-19(16-25)14-20(13-18)17-25/h7-10,18-20H,2-6,11-17H2,1H3,(H2,26,27,28,30). The number of rotatable bonds is 9. The van der Waals surface area contributed by atoms with Crippen LogP contribution in [0.5, 0.6) is 5.75 Å². The summed E-state index contributed by atoms with van der Waals surface area (Å²) >= 11 is 5.45. The molecule has 1 aromatic carbocycles. The molecule has 4 aliphatic carbocycles. The van der Waals surface area contributed by atoms with E-state index < -0.39 is 0 Å². The number of amides is 1. The fourth-order valence-electron chi connectivity index (χ4n) is 6.32. The van der Waals surface area contributed by atoms with E-state index in [2.05, 4.69) is 17.6 Å². The van der Waals surface area contributed by atoms with Gasteiger partial charge in [0.15, 0.2) is 5.11 Å². The SMILES string of the molecule is CCCCCCCOc1ccc(NC(=S)NC(=O)C23CC4CC(CC(C4)C2)C3)cc1. The second-order valence-electron chi connectivity index (χ2n) is 9.89. The van der Waals surface area contributed by atoms with E-state index in [0.29, 0.717) is 5.11 Å². The average molecular weight is 429 g/mol. The van der Waals surface area contributed by atoms with Crippen LogP contribution in [0.2, 0.25) is 0 Å². The minimum atomic E-state index is -0.171. The zero-order chi connectivity index (χ0) is 21.0. The highest BCUT2D eigenvalue weighted by Gasteiger charge is 2.54. The summed E-state index contributed by atoms with van der Waals surface area (Å²) in [6.07, 6.45) is 13.3. The number of benzene rings is 1. The fourth-order valence-corrected chi connectivity index (χ4v) is 6.53. The number of thiocarbonyl (C=S) groups is 1. The number of hydrogen-bond donors (Lipinski definition) is 2. The van der Waals surface area contributed by atoms with Crippen molar-refractivity contribution in [2.45, 2.75) is 77.6 Å². The zero-order valence-corrected chi connectivity index (χ0v) is 19.1.